The van der Waals surface area contributed by atoms with Gasteiger partial charge in [0, 0.05) is 5.69 Å². The molecule has 0 saturated heterocycles. The Morgan fingerprint density at radius 3 is 2.65 bits per heavy atom. The number of carbonyl (C=O) groups is 1. The summed E-state index contributed by atoms with van der Waals surface area (Å²) in [6.45, 7) is 0. The lowest BCUT2D eigenvalue weighted by Crippen LogP contribution is -2.17. The average molecular weight is 355 g/mol. The van der Waals surface area contributed by atoms with Crippen molar-refractivity contribution in [1.29, 1.82) is 0 Å². The van der Waals surface area contributed by atoms with Crippen LogP contribution in [0, 0.1) is 0 Å². The quantitative estimate of drug-likeness (QED) is 0.766. The summed E-state index contributed by atoms with van der Waals surface area (Å²) in [5.74, 6) is 0.740. The van der Waals surface area contributed by atoms with Gasteiger partial charge in [-0.2, -0.15) is 0 Å². The monoisotopic (exact) mass is 355 g/mol. The number of ether oxygens (including phenoxy) is 1. The summed E-state index contributed by atoms with van der Waals surface area (Å²) >= 11 is 0. The summed E-state index contributed by atoms with van der Waals surface area (Å²) in [6, 6.07) is 12.9. The molecule has 0 heterocycles. The standard InChI is InChI=1S/C21H25NO4/c1-26-20-11-14(5-10-19(20)24)12-21(25)22-17-4-2-3-16(13-17)15-6-8-18(23)9-7-15/h2-5,10-11,13,15,18,23-24H,6-9,12H2,1H3,(H,22,25)/t15-,18-. The third-order valence-electron chi connectivity index (χ3n) is 4.95. The molecule has 1 saturated carbocycles. The minimum Gasteiger partial charge on any atom is -0.504 e. The van der Waals surface area contributed by atoms with Crippen LogP contribution in [0.3, 0.4) is 0 Å². The molecule has 3 N–H and O–H groups in total. The van der Waals surface area contributed by atoms with Gasteiger partial charge < -0.3 is 20.3 Å². The first kappa shape index (κ1) is 18.3. The maximum Gasteiger partial charge on any atom is 0.228 e. The third kappa shape index (κ3) is 4.55. The molecular formula is C21H25NO4. The fourth-order valence-electron chi connectivity index (χ4n) is 3.50. The van der Waals surface area contributed by atoms with Crippen LogP contribution in [-0.4, -0.2) is 29.3 Å². The van der Waals surface area contributed by atoms with E-state index in [9.17, 15) is 15.0 Å². The van der Waals surface area contributed by atoms with Crippen LogP contribution in [0.5, 0.6) is 11.5 Å². The van der Waals surface area contributed by atoms with E-state index in [1.165, 1.54) is 18.7 Å². The van der Waals surface area contributed by atoms with Gasteiger partial charge in [-0.15, -0.1) is 0 Å². The van der Waals surface area contributed by atoms with Crippen LogP contribution >= 0.6 is 0 Å². The molecule has 2 aromatic rings. The van der Waals surface area contributed by atoms with Gasteiger partial charge in [-0.3, -0.25) is 4.79 Å². The molecule has 0 bridgehead atoms. The molecule has 5 nitrogen and oxygen atoms in total. The fraction of sp³-hybridized carbons (Fsp3) is 0.381. The molecule has 1 aliphatic rings. The molecule has 1 amide bonds. The van der Waals surface area contributed by atoms with Crippen LogP contribution in [0.2, 0.25) is 0 Å². The normalized spacial score (nSPS) is 19.8. The number of anilines is 1. The predicted molar refractivity (Wildman–Crippen MR) is 101 cm³/mol. The smallest absolute Gasteiger partial charge is 0.228 e. The zero-order chi connectivity index (χ0) is 18.5. The first-order chi connectivity index (χ1) is 12.5. The van der Waals surface area contributed by atoms with Gasteiger partial charge in [-0.05, 0) is 67.0 Å². The minimum atomic E-state index is -0.170. The third-order valence-corrected chi connectivity index (χ3v) is 4.95. The van der Waals surface area contributed by atoms with Crippen LogP contribution in [0.4, 0.5) is 5.69 Å². The molecule has 5 heteroatoms. The number of amides is 1. The van der Waals surface area contributed by atoms with Crippen molar-refractivity contribution >= 4 is 11.6 Å². The van der Waals surface area contributed by atoms with Crippen molar-refractivity contribution in [2.24, 2.45) is 0 Å². The number of phenols is 1. The zero-order valence-electron chi connectivity index (χ0n) is 14.9. The maximum atomic E-state index is 12.3. The van der Waals surface area contributed by atoms with Crippen LogP contribution in [-0.2, 0) is 11.2 Å². The van der Waals surface area contributed by atoms with E-state index < -0.39 is 0 Å². The summed E-state index contributed by atoms with van der Waals surface area (Å²) in [7, 11) is 1.48. The number of aliphatic hydroxyl groups is 1. The molecule has 0 aromatic heterocycles. The Bertz CT molecular complexity index is 766. The number of benzene rings is 2. The molecule has 0 spiro atoms. The number of hydrogen-bond donors (Lipinski definition) is 3. The highest BCUT2D eigenvalue weighted by atomic mass is 16.5. The predicted octanol–water partition coefficient (Wildman–Crippen LogP) is 3.60. The molecule has 2 aromatic carbocycles. The van der Waals surface area contributed by atoms with Gasteiger partial charge in [0.1, 0.15) is 0 Å². The fourth-order valence-corrected chi connectivity index (χ4v) is 3.50. The summed E-state index contributed by atoms with van der Waals surface area (Å²) in [5.41, 5.74) is 2.76. The van der Waals surface area contributed by atoms with E-state index in [4.69, 9.17) is 4.74 Å². The lowest BCUT2D eigenvalue weighted by molar-refractivity contribution is -0.115. The largest absolute Gasteiger partial charge is 0.504 e. The summed E-state index contributed by atoms with van der Waals surface area (Å²) < 4.78 is 5.08. The second kappa shape index (κ2) is 8.23. The Balaban J connectivity index is 1.63. The van der Waals surface area contributed by atoms with Crippen LogP contribution < -0.4 is 10.1 Å². The minimum absolute atomic E-state index is 0.0574. The van der Waals surface area contributed by atoms with Crippen molar-refractivity contribution in [1.82, 2.24) is 0 Å². The highest BCUT2D eigenvalue weighted by Gasteiger charge is 2.21. The van der Waals surface area contributed by atoms with Gasteiger partial charge in [0.15, 0.2) is 11.5 Å². The Kier molecular flexibility index (Phi) is 5.78. The van der Waals surface area contributed by atoms with Gasteiger partial charge in [-0.25, -0.2) is 0 Å². The number of nitrogens with one attached hydrogen (secondary N) is 1. The Labute approximate surface area is 153 Å². The number of aromatic hydroxyl groups is 1. The van der Waals surface area contributed by atoms with Crippen molar-refractivity contribution in [3.8, 4) is 11.5 Å². The molecule has 1 aliphatic carbocycles. The number of phenolic OH excluding ortho intramolecular Hbond substituents is 1. The second-order valence-electron chi connectivity index (χ2n) is 6.86. The maximum absolute atomic E-state index is 12.3. The van der Waals surface area contributed by atoms with E-state index in [1.807, 2.05) is 18.2 Å². The summed E-state index contributed by atoms with van der Waals surface area (Å²) in [5, 5.41) is 22.2. The molecule has 26 heavy (non-hydrogen) atoms. The number of carbonyl (C=O) groups excluding carboxylic acids is 1. The van der Waals surface area contributed by atoms with E-state index in [1.54, 1.807) is 12.1 Å². The van der Waals surface area contributed by atoms with Gasteiger partial charge in [0.25, 0.3) is 0 Å². The van der Waals surface area contributed by atoms with E-state index in [-0.39, 0.29) is 24.2 Å². The lowest BCUT2D eigenvalue weighted by atomic mass is 9.83. The molecule has 0 aliphatic heterocycles. The van der Waals surface area contributed by atoms with Crippen LogP contribution in [0.1, 0.15) is 42.7 Å². The van der Waals surface area contributed by atoms with Crippen molar-refractivity contribution in [2.75, 3.05) is 12.4 Å². The molecular weight excluding hydrogens is 330 g/mol. The number of methoxy groups -OCH3 is 1. The molecule has 0 unspecified atom stereocenters. The van der Waals surface area contributed by atoms with Gasteiger partial charge in [0.2, 0.25) is 5.91 Å². The van der Waals surface area contributed by atoms with Crippen LogP contribution in [0.25, 0.3) is 0 Å². The van der Waals surface area contributed by atoms with Crippen molar-refractivity contribution < 1.29 is 19.7 Å². The van der Waals surface area contributed by atoms with Crippen molar-refractivity contribution in [3.63, 3.8) is 0 Å². The SMILES string of the molecule is COc1cc(CC(=O)Nc2cccc([C@H]3CC[C@H](O)CC3)c2)ccc1O. The molecule has 1 fully saturated rings. The number of aliphatic hydroxyl groups excluding tert-OH is 1. The number of hydrogen-bond acceptors (Lipinski definition) is 4. The highest BCUT2D eigenvalue weighted by molar-refractivity contribution is 5.92. The average Bonchev–Trinajstić information content (AvgIpc) is 2.64. The second-order valence-corrected chi connectivity index (χ2v) is 6.86. The molecule has 138 valence electrons. The van der Waals surface area contributed by atoms with E-state index >= 15 is 0 Å². The Morgan fingerprint density at radius 2 is 1.92 bits per heavy atom. The first-order valence-corrected chi connectivity index (χ1v) is 8.99. The summed E-state index contributed by atoms with van der Waals surface area (Å²) in [4.78, 5) is 12.3. The highest BCUT2D eigenvalue weighted by Crippen LogP contribution is 2.33. The summed E-state index contributed by atoms with van der Waals surface area (Å²) in [6.07, 6.45) is 3.67. The zero-order valence-corrected chi connectivity index (χ0v) is 14.9. The molecule has 0 radical (unpaired) electrons. The van der Waals surface area contributed by atoms with E-state index in [0.717, 1.165) is 36.9 Å². The molecule has 0 atom stereocenters. The van der Waals surface area contributed by atoms with Gasteiger partial charge >= 0.3 is 0 Å². The Hall–Kier alpha value is -2.53. The van der Waals surface area contributed by atoms with Crippen molar-refractivity contribution in [2.45, 2.75) is 44.1 Å². The van der Waals surface area contributed by atoms with E-state index in [2.05, 4.69) is 11.4 Å². The van der Waals surface area contributed by atoms with Gasteiger partial charge in [0.05, 0.1) is 19.6 Å². The van der Waals surface area contributed by atoms with Crippen molar-refractivity contribution in [3.05, 3.63) is 53.6 Å². The van der Waals surface area contributed by atoms with E-state index in [0.29, 0.717) is 11.7 Å². The first-order valence-electron chi connectivity index (χ1n) is 8.99. The Morgan fingerprint density at radius 1 is 1.15 bits per heavy atom. The topological polar surface area (TPSA) is 78.8 Å². The molecule has 3 rings (SSSR count). The van der Waals surface area contributed by atoms with Gasteiger partial charge in [-0.1, -0.05) is 18.2 Å². The lowest BCUT2D eigenvalue weighted by Gasteiger charge is -2.26. The number of rotatable bonds is 5. The van der Waals surface area contributed by atoms with Crippen LogP contribution in [0.15, 0.2) is 42.5 Å².